The fraction of sp³-hybridized carbons (Fsp3) is 0.519. The van der Waals surface area contributed by atoms with E-state index in [1.807, 2.05) is 6.07 Å². The van der Waals surface area contributed by atoms with E-state index >= 15 is 0 Å². The Morgan fingerprint density at radius 1 is 1.16 bits per heavy atom. The lowest BCUT2D eigenvalue weighted by Gasteiger charge is -2.30. The highest BCUT2D eigenvalue weighted by atomic mass is 16.6. The number of β-amino-alcohol motifs (C(OH)–C–C–N with tert-alkyl or cyclic N) is 1. The van der Waals surface area contributed by atoms with E-state index in [0.29, 0.717) is 18.1 Å². The van der Waals surface area contributed by atoms with E-state index in [-0.39, 0.29) is 36.1 Å². The topological polar surface area (TPSA) is 141 Å². The average molecular weight is 524 g/mol. The van der Waals surface area contributed by atoms with Crippen molar-refractivity contribution in [3.8, 4) is 0 Å². The van der Waals surface area contributed by atoms with Crippen LogP contribution in [0, 0.1) is 0 Å². The fourth-order valence-electron chi connectivity index (χ4n) is 4.99. The van der Waals surface area contributed by atoms with Crippen molar-refractivity contribution in [3.05, 3.63) is 53.5 Å². The summed E-state index contributed by atoms with van der Waals surface area (Å²) in [7, 11) is 1.41. The molecule has 0 spiro atoms. The van der Waals surface area contributed by atoms with Crippen molar-refractivity contribution >= 4 is 23.3 Å². The minimum atomic E-state index is -0.677. The van der Waals surface area contributed by atoms with E-state index in [4.69, 9.17) is 0 Å². The first-order chi connectivity index (χ1) is 18.4. The molecule has 2 heterocycles. The maximum Gasteiger partial charge on any atom is 0.270 e. The van der Waals surface area contributed by atoms with E-state index in [9.17, 15) is 14.7 Å². The van der Waals surface area contributed by atoms with E-state index < -0.39 is 6.10 Å². The Morgan fingerprint density at radius 3 is 2.66 bits per heavy atom. The van der Waals surface area contributed by atoms with Gasteiger partial charge in [0.1, 0.15) is 30.7 Å². The number of amides is 2. The van der Waals surface area contributed by atoms with Crippen LogP contribution in [0.5, 0.6) is 0 Å². The summed E-state index contributed by atoms with van der Waals surface area (Å²) in [6.07, 6.45) is 5.00. The highest BCUT2D eigenvalue weighted by molar-refractivity contribution is 6.37. The highest BCUT2D eigenvalue weighted by Crippen LogP contribution is 2.22. The van der Waals surface area contributed by atoms with Crippen molar-refractivity contribution in [3.63, 3.8) is 0 Å². The Kier molecular flexibility index (Phi) is 9.61. The number of aromatic nitrogens is 2. The highest BCUT2D eigenvalue weighted by Gasteiger charge is 2.24. The molecule has 2 aliphatic rings. The molecule has 1 aliphatic heterocycles. The van der Waals surface area contributed by atoms with Gasteiger partial charge in [-0.3, -0.25) is 14.5 Å². The number of nitrogens with zero attached hydrogens (tertiary/aromatic N) is 4. The lowest BCUT2D eigenvalue weighted by atomic mass is 9.91. The third-order valence-corrected chi connectivity index (χ3v) is 7.05. The molecule has 204 valence electrons. The Morgan fingerprint density at radius 2 is 1.89 bits per heavy atom. The number of carbonyl (C=O) groups excluding carboxylic acids is 2. The molecule has 38 heavy (non-hydrogen) atoms. The first kappa shape index (κ1) is 27.5. The van der Waals surface area contributed by atoms with Crippen LogP contribution in [0.4, 0.5) is 5.82 Å². The number of aliphatic hydroxyl groups excluding tert-OH is 1. The van der Waals surface area contributed by atoms with Crippen LogP contribution in [0.2, 0.25) is 0 Å². The number of aliphatic hydroxyl groups is 1. The van der Waals surface area contributed by atoms with Gasteiger partial charge in [-0.25, -0.2) is 9.97 Å². The second kappa shape index (κ2) is 13.3. The number of nitrogens with one attached hydrogen (secondary N) is 3. The monoisotopic (exact) mass is 523 g/mol. The molecule has 1 aromatic carbocycles. The second-order valence-corrected chi connectivity index (χ2v) is 9.93. The number of hydrogen-bond donors (Lipinski definition) is 4. The second-order valence-electron chi connectivity index (χ2n) is 9.93. The van der Waals surface area contributed by atoms with Gasteiger partial charge in [-0.05, 0) is 50.2 Å². The summed E-state index contributed by atoms with van der Waals surface area (Å²) in [5.41, 5.74) is 3.20. The van der Waals surface area contributed by atoms with E-state index in [1.54, 1.807) is 13.0 Å². The van der Waals surface area contributed by atoms with Crippen LogP contribution in [0.15, 0.2) is 41.8 Å². The van der Waals surface area contributed by atoms with Crippen molar-refractivity contribution in [1.29, 1.82) is 0 Å². The molecular weight excluding hydrogens is 486 g/mol. The van der Waals surface area contributed by atoms with Gasteiger partial charge in [0.2, 0.25) is 0 Å². The van der Waals surface area contributed by atoms with Gasteiger partial charge in [0.05, 0.1) is 6.10 Å². The van der Waals surface area contributed by atoms with Crippen LogP contribution in [0.25, 0.3) is 0 Å². The molecule has 2 aromatic rings. The maximum atomic E-state index is 12.7. The van der Waals surface area contributed by atoms with Gasteiger partial charge in [0.25, 0.3) is 11.8 Å². The molecule has 11 heteroatoms. The molecule has 1 saturated carbocycles. The van der Waals surface area contributed by atoms with Gasteiger partial charge in [0.15, 0.2) is 0 Å². The normalized spacial score (nSPS) is 20.7. The standard InChI is InChI=1S/C27H37N7O4/c1-18(33-38-2)26(36)32-22-9-7-21(8-10-22)31-25-13-24(29-17-30-25)27(37)28-14-23(35)16-34-12-11-19-5-3-4-6-20(19)15-34/h3-6,13,17,21-23,35H,7-12,14-16H2,1-2H3,(H,28,37)(H,32,36)(H,29,30,31)/b33-18+/t21?,22?,23-/m0/s1. The number of oxime groups is 1. The molecule has 0 saturated heterocycles. The Labute approximate surface area is 223 Å². The predicted octanol–water partition coefficient (Wildman–Crippen LogP) is 1.49. The zero-order valence-electron chi connectivity index (χ0n) is 22.0. The largest absolute Gasteiger partial charge is 0.399 e. The van der Waals surface area contributed by atoms with Gasteiger partial charge >= 0.3 is 0 Å². The number of benzene rings is 1. The third kappa shape index (κ3) is 7.72. The SMILES string of the molecule is CO/N=C(\C)C(=O)NC1CCC(Nc2cc(C(=O)NC[C@H](O)CN3CCc4ccccc4C3)ncn2)CC1. The Bertz CT molecular complexity index is 1130. The van der Waals surface area contributed by atoms with Crippen LogP contribution in [-0.4, -0.2) is 82.4 Å². The van der Waals surface area contributed by atoms with Crippen LogP contribution in [-0.2, 0) is 22.6 Å². The summed E-state index contributed by atoms with van der Waals surface area (Å²) >= 11 is 0. The molecule has 0 radical (unpaired) electrons. The third-order valence-electron chi connectivity index (χ3n) is 7.05. The van der Waals surface area contributed by atoms with E-state index in [1.165, 1.54) is 24.6 Å². The van der Waals surface area contributed by atoms with Gasteiger partial charge in [-0.15, -0.1) is 0 Å². The summed E-state index contributed by atoms with van der Waals surface area (Å²) in [5, 5.41) is 23.3. The van der Waals surface area contributed by atoms with Gasteiger partial charge < -0.3 is 25.9 Å². The lowest BCUT2D eigenvalue weighted by molar-refractivity contribution is -0.115. The van der Waals surface area contributed by atoms with Crippen molar-refractivity contribution in [2.45, 2.75) is 63.8 Å². The molecule has 11 nitrogen and oxygen atoms in total. The van der Waals surface area contributed by atoms with Crippen LogP contribution < -0.4 is 16.0 Å². The molecule has 4 N–H and O–H groups in total. The van der Waals surface area contributed by atoms with Crippen molar-refractivity contribution in [2.24, 2.45) is 5.16 Å². The van der Waals surface area contributed by atoms with Crippen LogP contribution in [0.3, 0.4) is 0 Å². The lowest BCUT2D eigenvalue weighted by Crippen LogP contribution is -2.42. The first-order valence-corrected chi connectivity index (χ1v) is 13.1. The minimum absolute atomic E-state index is 0.0837. The molecule has 1 aromatic heterocycles. The van der Waals surface area contributed by atoms with E-state index in [2.05, 4.69) is 59.0 Å². The van der Waals surface area contributed by atoms with E-state index in [0.717, 1.165) is 45.2 Å². The molecule has 0 unspecified atom stereocenters. The zero-order valence-corrected chi connectivity index (χ0v) is 22.0. The predicted molar refractivity (Wildman–Crippen MR) is 144 cm³/mol. The number of rotatable bonds is 10. The quantitative estimate of drug-likeness (QED) is 0.271. The molecular formula is C27H37N7O4. The van der Waals surface area contributed by atoms with Crippen molar-refractivity contribution in [2.75, 3.05) is 32.1 Å². The smallest absolute Gasteiger partial charge is 0.270 e. The number of carbonyl (C=O) groups is 2. The first-order valence-electron chi connectivity index (χ1n) is 13.1. The van der Waals surface area contributed by atoms with Crippen molar-refractivity contribution < 1.29 is 19.5 Å². The van der Waals surface area contributed by atoms with Gasteiger partial charge in [-0.2, -0.15) is 0 Å². The molecule has 1 atom stereocenters. The van der Waals surface area contributed by atoms with Gasteiger partial charge in [-0.1, -0.05) is 29.4 Å². The summed E-state index contributed by atoms with van der Waals surface area (Å²) in [5.74, 6) is 0.00679. The average Bonchev–Trinajstić information content (AvgIpc) is 2.93. The fourth-order valence-corrected chi connectivity index (χ4v) is 4.99. The summed E-state index contributed by atoms with van der Waals surface area (Å²) in [6.45, 7) is 3.95. The Balaban J connectivity index is 1.19. The molecule has 1 fully saturated rings. The molecule has 4 rings (SSSR count). The molecule has 1 aliphatic carbocycles. The number of fused-ring (bicyclic) bond motifs is 1. The van der Waals surface area contributed by atoms with Crippen LogP contribution in [0.1, 0.15) is 54.2 Å². The van der Waals surface area contributed by atoms with Crippen molar-refractivity contribution in [1.82, 2.24) is 25.5 Å². The molecule has 2 amide bonds. The van der Waals surface area contributed by atoms with Crippen LogP contribution >= 0.6 is 0 Å². The zero-order chi connectivity index (χ0) is 26.9. The summed E-state index contributed by atoms with van der Waals surface area (Å²) in [6, 6.07) is 10.3. The number of anilines is 1. The Hall–Kier alpha value is -3.57. The minimum Gasteiger partial charge on any atom is -0.399 e. The number of hydrogen-bond acceptors (Lipinski definition) is 9. The van der Waals surface area contributed by atoms with Gasteiger partial charge in [0, 0.05) is 44.3 Å². The maximum absolute atomic E-state index is 12.7. The molecule has 0 bridgehead atoms. The summed E-state index contributed by atoms with van der Waals surface area (Å²) < 4.78 is 0. The summed E-state index contributed by atoms with van der Waals surface area (Å²) in [4.78, 5) is 40.0.